The Morgan fingerprint density at radius 1 is 1.41 bits per heavy atom. The molecule has 1 heterocycles. The summed E-state index contributed by atoms with van der Waals surface area (Å²) in [6.07, 6.45) is 0. The average molecular weight is 240 g/mol. The third kappa shape index (κ3) is 1.91. The van der Waals surface area contributed by atoms with Gasteiger partial charge in [-0.1, -0.05) is 6.07 Å². The second kappa shape index (κ2) is 4.00. The summed E-state index contributed by atoms with van der Waals surface area (Å²) in [7, 11) is 0. The molecule has 0 unspecified atom stereocenters. The van der Waals surface area contributed by atoms with Crippen LogP contribution in [0, 0.1) is 6.92 Å². The molecule has 0 amide bonds. The van der Waals surface area contributed by atoms with E-state index in [1.807, 2.05) is 0 Å². The van der Waals surface area contributed by atoms with Gasteiger partial charge in [0.05, 0.1) is 5.69 Å². The van der Waals surface area contributed by atoms with Gasteiger partial charge >= 0.3 is 12.2 Å². The number of nitrogens with zero attached hydrogens (tertiary/aromatic N) is 3. The van der Waals surface area contributed by atoms with E-state index >= 15 is 0 Å². The lowest BCUT2D eigenvalue weighted by Gasteiger charge is -2.00. The number of hydrogen-bond acceptors (Lipinski definition) is 3. The summed E-state index contributed by atoms with van der Waals surface area (Å²) in [5.41, 5.74) is 5.45. The van der Waals surface area contributed by atoms with Gasteiger partial charge in [0.15, 0.2) is 0 Å². The first kappa shape index (κ1) is 11.3. The van der Waals surface area contributed by atoms with E-state index in [1.165, 1.54) is 13.0 Å². The average Bonchev–Trinajstić information content (AvgIpc) is 2.54. The molecule has 0 atom stereocenters. The molecular weight excluding hydrogens is 230 g/mol. The molecule has 0 saturated heterocycles. The fourth-order valence-corrected chi connectivity index (χ4v) is 1.53. The minimum absolute atomic E-state index is 0.0487. The summed E-state index contributed by atoms with van der Waals surface area (Å²) < 4.78 is 26.4. The van der Waals surface area contributed by atoms with Crippen molar-refractivity contribution in [3.8, 4) is 5.69 Å². The van der Waals surface area contributed by atoms with Gasteiger partial charge in [0, 0.05) is 5.69 Å². The van der Waals surface area contributed by atoms with Crippen molar-refractivity contribution in [3.05, 3.63) is 40.6 Å². The molecule has 1 aromatic heterocycles. The van der Waals surface area contributed by atoms with Gasteiger partial charge < -0.3 is 5.73 Å². The van der Waals surface area contributed by atoms with Crippen molar-refractivity contribution in [3.63, 3.8) is 0 Å². The number of nitrogens with two attached hydrogens (primary N) is 1. The molecule has 0 aliphatic rings. The van der Waals surface area contributed by atoms with Crippen molar-refractivity contribution in [2.24, 2.45) is 0 Å². The Balaban J connectivity index is 2.62. The number of anilines is 1. The number of nitrogen functional groups attached to an aromatic ring is 1. The standard InChI is InChI=1S/C10H10F2N4O/c1-6-14-16(10(17)15(6)9(11)12)8-4-2-3-7(13)5-8/h2-5,9H,13H2,1H3. The van der Waals surface area contributed by atoms with Crippen LogP contribution in [0.3, 0.4) is 0 Å². The molecule has 2 N–H and O–H groups in total. The second-order valence-electron chi connectivity index (χ2n) is 3.48. The zero-order valence-electron chi connectivity index (χ0n) is 8.97. The molecule has 0 radical (unpaired) electrons. The predicted molar refractivity (Wildman–Crippen MR) is 58.2 cm³/mol. The SMILES string of the molecule is Cc1nn(-c2cccc(N)c2)c(=O)n1C(F)F. The summed E-state index contributed by atoms with van der Waals surface area (Å²) >= 11 is 0. The van der Waals surface area contributed by atoms with Crippen LogP contribution in [0.2, 0.25) is 0 Å². The molecule has 2 rings (SSSR count). The molecule has 0 aliphatic heterocycles. The number of rotatable bonds is 2. The van der Waals surface area contributed by atoms with Crippen molar-refractivity contribution in [1.82, 2.24) is 14.3 Å². The number of aromatic nitrogens is 3. The number of benzene rings is 1. The van der Waals surface area contributed by atoms with Crippen LogP contribution >= 0.6 is 0 Å². The highest BCUT2D eigenvalue weighted by atomic mass is 19.3. The lowest BCUT2D eigenvalue weighted by Crippen LogP contribution is -2.24. The molecule has 17 heavy (non-hydrogen) atoms. The molecule has 7 heteroatoms. The van der Waals surface area contributed by atoms with Crippen LogP contribution in [0.15, 0.2) is 29.1 Å². The van der Waals surface area contributed by atoms with E-state index in [1.54, 1.807) is 18.2 Å². The molecule has 0 bridgehead atoms. The van der Waals surface area contributed by atoms with Crippen molar-refractivity contribution in [2.45, 2.75) is 13.5 Å². The highest BCUT2D eigenvalue weighted by Gasteiger charge is 2.17. The molecule has 0 spiro atoms. The number of alkyl halides is 2. The van der Waals surface area contributed by atoms with E-state index in [0.717, 1.165) is 4.68 Å². The normalized spacial score (nSPS) is 11.1. The zero-order valence-corrected chi connectivity index (χ0v) is 8.97. The summed E-state index contributed by atoms with van der Waals surface area (Å²) in [6, 6.07) is 6.31. The van der Waals surface area contributed by atoms with E-state index in [4.69, 9.17) is 5.73 Å². The fraction of sp³-hybridized carbons (Fsp3) is 0.200. The van der Waals surface area contributed by atoms with Crippen LogP contribution in [-0.2, 0) is 0 Å². The lowest BCUT2D eigenvalue weighted by atomic mass is 10.3. The van der Waals surface area contributed by atoms with Crippen LogP contribution in [0.25, 0.3) is 5.69 Å². The number of hydrogen-bond donors (Lipinski definition) is 1. The molecule has 0 saturated carbocycles. The van der Waals surface area contributed by atoms with Gasteiger partial charge in [-0.3, -0.25) is 0 Å². The highest BCUT2D eigenvalue weighted by molar-refractivity contribution is 5.46. The van der Waals surface area contributed by atoms with Crippen LogP contribution in [0.5, 0.6) is 0 Å². The predicted octanol–water partition coefficient (Wildman–Crippen LogP) is 1.32. The Morgan fingerprint density at radius 3 is 2.65 bits per heavy atom. The molecule has 5 nitrogen and oxygen atoms in total. The van der Waals surface area contributed by atoms with Gasteiger partial charge in [-0.05, 0) is 25.1 Å². The molecule has 2 aromatic rings. The Kier molecular flexibility index (Phi) is 2.66. The first-order valence-electron chi connectivity index (χ1n) is 4.83. The van der Waals surface area contributed by atoms with Crippen molar-refractivity contribution in [1.29, 1.82) is 0 Å². The minimum Gasteiger partial charge on any atom is -0.399 e. The number of aryl methyl sites for hydroxylation is 1. The molecule has 1 aromatic carbocycles. The Bertz CT molecular complexity index is 603. The summed E-state index contributed by atoms with van der Waals surface area (Å²) in [4.78, 5) is 11.7. The Hall–Kier alpha value is -2.18. The van der Waals surface area contributed by atoms with Crippen LogP contribution in [0.1, 0.15) is 12.4 Å². The van der Waals surface area contributed by atoms with E-state index in [0.29, 0.717) is 15.9 Å². The molecule has 0 fully saturated rings. The summed E-state index contributed by atoms with van der Waals surface area (Å²) in [5, 5.41) is 3.77. The Morgan fingerprint density at radius 2 is 2.12 bits per heavy atom. The van der Waals surface area contributed by atoms with Crippen molar-refractivity contribution in [2.75, 3.05) is 5.73 Å². The van der Waals surface area contributed by atoms with Gasteiger partial charge in [-0.25, -0.2) is 9.36 Å². The first-order chi connectivity index (χ1) is 8.00. The van der Waals surface area contributed by atoms with Crippen LogP contribution < -0.4 is 11.4 Å². The maximum atomic E-state index is 12.6. The van der Waals surface area contributed by atoms with Crippen LogP contribution in [0.4, 0.5) is 14.5 Å². The minimum atomic E-state index is -2.91. The van der Waals surface area contributed by atoms with Crippen molar-refractivity contribution < 1.29 is 8.78 Å². The summed E-state index contributed by atoms with van der Waals surface area (Å²) in [6.45, 7) is -1.56. The van der Waals surface area contributed by atoms with E-state index < -0.39 is 12.2 Å². The van der Waals surface area contributed by atoms with E-state index in [9.17, 15) is 13.6 Å². The number of halogens is 2. The zero-order chi connectivity index (χ0) is 12.6. The first-order valence-corrected chi connectivity index (χ1v) is 4.83. The maximum absolute atomic E-state index is 12.6. The summed E-state index contributed by atoms with van der Waals surface area (Å²) in [5.74, 6) is -0.0487. The molecule has 90 valence electrons. The molecular formula is C10H10F2N4O. The van der Waals surface area contributed by atoms with Crippen molar-refractivity contribution >= 4 is 5.69 Å². The van der Waals surface area contributed by atoms with Crippen LogP contribution in [-0.4, -0.2) is 14.3 Å². The van der Waals surface area contributed by atoms with Gasteiger partial charge in [-0.2, -0.15) is 18.6 Å². The third-order valence-electron chi connectivity index (χ3n) is 2.29. The van der Waals surface area contributed by atoms with Gasteiger partial charge in [0.25, 0.3) is 0 Å². The third-order valence-corrected chi connectivity index (χ3v) is 2.29. The molecule has 0 aliphatic carbocycles. The van der Waals surface area contributed by atoms with E-state index in [2.05, 4.69) is 5.10 Å². The lowest BCUT2D eigenvalue weighted by molar-refractivity contribution is 0.0640. The second-order valence-corrected chi connectivity index (χ2v) is 3.48. The fourth-order valence-electron chi connectivity index (χ4n) is 1.53. The topological polar surface area (TPSA) is 65.8 Å². The van der Waals surface area contributed by atoms with Gasteiger partial charge in [-0.15, -0.1) is 0 Å². The van der Waals surface area contributed by atoms with Gasteiger partial charge in [0.1, 0.15) is 5.82 Å². The Labute approximate surface area is 95.1 Å². The largest absolute Gasteiger partial charge is 0.399 e. The smallest absolute Gasteiger partial charge is 0.355 e. The maximum Gasteiger partial charge on any atom is 0.355 e. The highest BCUT2D eigenvalue weighted by Crippen LogP contribution is 2.12. The quantitative estimate of drug-likeness (QED) is 0.805. The van der Waals surface area contributed by atoms with E-state index in [-0.39, 0.29) is 5.82 Å². The monoisotopic (exact) mass is 240 g/mol. The van der Waals surface area contributed by atoms with Gasteiger partial charge in [0.2, 0.25) is 0 Å².